The van der Waals surface area contributed by atoms with Crippen molar-refractivity contribution in [3.63, 3.8) is 0 Å². The Kier molecular flexibility index (Phi) is 7.97. The van der Waals surface area contributed by atoms with Gasteiger partial charge in [-0.1, -0.05) is 48.6 Å². The molecule has 0 aliphatic heterocycles. The molecule has 0 unspecified atom stereocenters. The number of benzene rings is 4. The summed E-state index contributed by atoms with van der Waals surface area (Å²) in [6.45, 7) is 0. The first-order chi connectivity index (χ1) is 18.7. The van der Waals surface area contributed by atoms with Gasteiger partial charge in [0.2, 0.25) is 0 Å². The molecule has 8 heteroatoms. The molecule has 0 atom stereocenters. The molecule has 0 spiro atoms. The molecule has 0 saturated carbocycles. The van der Waals surface area contributed by atoms with E-state index in [1.165, 1.54) is 35.2 Å². The Morgan fingerprint density at radius 2 is 1.31 bits per heavy atom. The van der Waals surface area contributed by atoms with Crippen LogP contribution in [0.25, 0.3) is 12.2 Å². The van der Waals surface area contributed by atoms with E-state index >= 15 is 0 Å². The fourth-order valence-electron chi connectivity index (χ4n) is 3.82. The molecule has 39 heavy (non-hydrogen) atoms. The number of aromatic carboxylic acids is 2. The Morgan fingerprint density at radius 1 is 0.692 bits per heavy atom. The number of nitrogens with zero attached hydrogens (tertiary/aromatic N) is 1. The highest BCUT2D eigenvalue weighted by Crippen LogP contribution is 2.21. The van der Waals surface area contributed by atoms with Crippen LogP contribution < -0.4 is 10.2 Å². The third kappa shape index (κ3) is 6.44. The van der Waals surface area contributed by atoms with E-state index in [-0.39, 0.29) is 17.0 Å². The number of rotatable bonds is 8. The number of carboxylic acids is 2. The van der Waals surface area contributed by atoms with Crippen molar-refractivity contribution in [3.8, 4) is 0 Å². The molecule has 4 rings (SSSR count). The van der Waals surface area contributed by atoms with Crippen molar-refractivity contribution in [2.45, 2.75) is 0 Å². The minimum atomic E-state index is -1.12. The summed E-state index contributed by atoms with van der Waals surface area (Å²) >= 11 is 0. The van der Waals surface area contributed by atoms with E-state index < -0.39 is 17.8 Å². The van der Waals surface area contributed by atoms with Crippen molar-refractivity contribution in [1.29, 1.82) is 0 Å². The molecule has 4 aromatic carbocycles. The lowest BCUT2D eigenvalue weighted by atomic mass is 10.0. The molecular weight excluding hydrogens is 496 g/mol. The van der Waals surface area contributed by atoms with E-state index in [1.807, 2.05) is 36.4 Å². The number of carbonyl (C=O) groups is 4. The second-order valence-corrected chi connectivity index (χ2v) is 8.60. The van der Waals surface area contributed by atoms with E-state index in [0.717, 1.165) is 5.56 Å². The number of anilines is 2. The maximum atomic E-state index is 12.8. The van der Waals surface area contributed by atoms with Gasteiger partial charge >= 0.3 is 11.9 Å². The zero-order valence-electron chi connectivity index (χ0n) is 20.9. The van der Waals surface area contributed by atoms with Crippen LogP contribution in [0.15, 0.2) is 97.1 Å². The van der Waals surface area contributed by atoms with Gasteiger partial charge in [0.15, 0.2) is 0 Å². The van der Waals surface area contributed by atoms with Gasteiger partial charge in [0.1, 0.15) is 0 Å². The van der Waals surface area contributed by atoms with E-state index in [9.17, 15) is 24.3 Å². The van der Waals surface area contributed by atoms with Crippen LogP contribution >= 0.6 is 0 Å². The van der Waals surface area contributed by atoms with Crippen molar-refractivity contribution in [3.05, 3.63) is 130 Å². The van der Waals surface area contributed by atoms with Gasteiger partial charge in [0.25, 0.3) is 11.8 Å². The quantitative estimate of drug-likeness (QED) is 0.253. The molecule has 0 aromatic heterocycles. The highest BCUT2D eigenvalue weighted by Gasteiger charge is 2.16. The highest BCUT2D eigenvalue weighted by atomic mass is 16.4. The monoisotopic (exact) mass is 520 g/mol. The summed E-state index contributed by atoms with van der Waals surface area (Å²) in [6.07, 6.45) is 3.52. The Balaban J connectivity index is 1.45. The summed E-state index contributed by atoms with van der Waals surface area (Å²) in [5.74, 6) is -2.98. The largest absolute Gasteiger partial charge is 0.478 e. The van der Waals surface area contributed by atoms with E-state index in [4.69, 9.17) is 5.11 Å². The summed E-state index contributed by atoms with van der Waals surface area (Å²) in [6, 6.07) is 26.1. The number of hydrogen-bond acceptors (Lipinski definition) is 4. The molecule has 2 amide bonds. The molecule has 0 radical (unpaired) electrons. The molecule has 0 saturated heterocycles. The third-order valence-electron chi connectivity index (χ3n) is 6.00. The van der Waals surface area contributed by atoms with Crippen molar-refractivity contribution < 1.29 is 29.4 Å². The Hall–Kier alpha value is -5.50. The predicted molar refractivity (Wildman–Crippen MR) is 149 cm³/mol. The normalized spacial score (nSPS) is 10.7. The first-order valence-corrected chi connectivity index (χ1v) is 11.9. The maximum Gasteiger partial charge on any atom is 0.336 e. The fourth-order valence-corrected chi connectivity index (χ4v) is 3.82. The smallest absolute Gasteiger partial charge is 0.336 e. The molecule has 3 N–H and O–H groups in total. The standard InChI is InChI=1S/C31H24N2O6/c1-33(29(35)23-9-11-24(12-10-23)30(36)37)26-17-14-22(15-18-26)28(34)32-25-16-13-21(27(19-25)31(38)39)8-7-20-5-3-2-4-6-20/h2-19H,1H3,(H,32,34)(H,36,37)(H,38,39)/b8-7+. The van der Waals surface area contributed by atoms with Gasteiger partial charge in [0.05, 0.1) is 11.1 Å². The average molecular weight is 521 g/mol. The van der Waals surface area contributed by atoms with E-state index in [2.05, 4.69) is 5.32 Å². The summed E-state index contributed by atoms with van der Waals surface area (Å²) in [4.78, 5) is 49.8. The number of hydrogen-bond donors (Lipinski definition) is 3. The van der Waals surface area contributed by atoms with Crippen molar-refractivity contribution in [2.75, 3.05) is 17.3 Å². The minimum Gasteiger partial charge on any atom is -0.478 e. The fraction of sp³-hybridized carbons (Fsp3) is 0.0323. The van der Waals surface area contributed by atoms with Crippen molar-refractivity contribution in [2.24, 2.45) is 0 Å². The second-order valence-electron chi connectivity index (χ2n) is 8.60. The number of carboxylic acid groups (broad SMARTS) is 2. The van der Waals surface area contributed by atoms with Crippen molar-refractivity contribution in [1.82, 2.24) is 0 Å². The maximum absolute atomic E-state index is 12.8. The summed E-state index contributed by atoms with van der Waals surface area (Å²) in [7, 11) is 1.57. The van der Waals surface area contributed by atoms with E-state index in [1.54, 1.807) is 49.5 Å². The lowest BCUT2D eigenvalue weighted by Gasteiger charge is -2.18. The van der Waals surface area contributed by atoms with Gasteiger partial charge in [-0.05, 0) is 71.8 Å². The number of carbonyl (C=O) groups excluding carboxylic acids is 2. The molecule has 4 aromatic rings. The number of amides is 2. The first kappa shape index (κ1) is 26.6. The molecule has 0 heterocycles. The molecule has 0 fully saturated rings. The number of nitrogens with one attached hydrogen (secondary N) is 1. The van der Waals surface area contributed by atoms with Crippen LogP contribution in [-0.2, 0) is 0 Å². The van der Waals surface area contributed by atoms with E-state index in [0.29, 0.717) is 28.1 Å². The van der Waals surface area contributed by atoms with Crippen LogP contribution in [0.2, 0.25) is 0 Å². The molecule has 0 aliphatic rings. The van der Waals surface area contributed by atoms with Crippen LogP contribution in [-0.4, -0.2) is 41.0 Å². The van der Waals surface area contributed by atoms with Gasteiger partial charge in [-0.25, -0.2) is 9.59 Å². The first-order valence-electron chi connectivity index (χ1n) is 11.9. The summed E-state index contributed by atoms with van der Waals surface area (Å²) in [5.41, 5.74) is 3.05. The zero-order chi connectivity index (χ0) is 27.9. The Labute approximate surface area is 224 Å². The van der Waals surface area contributed by atoms with Gasteiger partial charge in [0, 0.05) is 29.5 Å². The van der Waals surface area contributed by atoms with Crippen molar-refractivity contribution >= 4 is 47.3 Å². The van der Waals surface area contributed by atoms with Gasteiger partial charge in [-0.2, -0.15) is 0 Å². The van der Waals surface area contributed by atoms with Crippen LogP contribution in [0.5, 0.6) is 0 Å². The second kappa shape index (κ2) is 11.7. The molecule has 0 bridgehead atoms. The zero-order valence-corrected chi connectivity index (χ0v) is 20.9. The lowest BCUT2D eigenvalue weighted by Crippen LogP contribution is -2.26. The van der Waals surface area contributed by atoms with Crippen LogP contribution in [0, 0.1) is 0 Å². The van der Waals surface area contributed by atoms with Gasteiger partial charge in [-0.15, -0.1) is 0 Å². The lowest BCUT2D eigenvalue weighted by molar-refractivity contribution is 0.0686. The van der Waals surface area contributed by atoms with Gasteiger partial charge in [-0.3, -0.25) is 9.59 Å². The molecular formula is C31H24N2O6. The molecule has 8 nitrogen and oxygen atoms in total. The van der Waals surface area contributed by atoms with Gasteiger partial charge < -0.3 is 20.4 Å². The molecule has 194 valence electrons. The highest BCUT2D eigenvalue weighted by molar-refractivity contribution is 6.08. The Bertz CT molecular complexity index is 1560. The van der Waals surface area contributed by atoms with Crippen LogP contribution in [0.1, 0.15) is 52.6 Å². The van der Waals surface area contributed by atoms with Crippen LogP contribution in [0.3, 0.4) is 0 Å². The topological polar surface area (TPSA) is 124 Å². The SMILES string of the molecule is CN(C(=O)c1ccc(C(=O)O)cc1)c1ccc(C(=O)Nc2ccc(/C=C/c3ccccc3)c(C(=O)O)c2)cc1. The third-order valence-corrected chi connectivity index (χ3v) is 6.00. The average Bonchev–Trinajstić information content (AvgIpc) is 2.96. The predicted octanol–water partition coefficient (Wildman–Crippen LogP) is 5.78. The minimum absolute atomic E-state index is 0.0480. The summed E-state index contributed by atoms with van der Waals surface area (Å²) < 4.78 is 0. The Morgan fingerprint density at radius 3 is 1.92 bits per heavy atom. The van der Waals surface area contributed by atoms with Crippen LogP contribution in [0.4, 0.5) is 11.4 Å². The summed E-state index contributed by atoms with van der Waals surface area (Å²) in [5, 5.41) is 21.4. The molecule has 0 aliphatic carbocycles.